The molecule has 0 radical (unpaired) electrons. The van der Waals surface area contributed by atoms with Crippen molar-refractivity contribution in [1.29, 1.82) is 0 Å². The predicted octanol–water partition coefficient (Wildman–Crippen LogP) is 0.914. The second-order valence-electron chi connectivity index (χ2n) is 4.37. The number of urea groups is 1. The van der Waals surface area contributed by atoms with Gasteiger partial charge in [0.2, 0.25) is 0 Å². The minimum atomic E-state index is -0.444. The Kier molecular flexibility index (Phi) is 2.81. The van der Waals surface area contributed by atoms with Crippen molar-refractivity contribution in [3.8, 4) is 5.75 Å². The van der Waals surface area contributed by atoms with E-state index < -0.39 is 6.17 Å². The van der Waals surface area contributed by atoms with Crippen molar-refractivity contribution in [1.82, 2.24) is 16.2 Å². The summed E-state index contributed by atoms with van der Waals surface area (Å²) in [6.45, 7) is 4.04. The molecule has 0 spiro atoms. The number of benzene rings is 1. The molecule has 0 aromatic heterocycles. The number of rotatable bonds is 2. The fourth-order valence-corrected chi connectivity index (χ4v) is 1.87. The maximum absolute atomic E-state index is 11.0. The minimum absolute atomic E-state index is 0.0633. The first-order valence-electron chi connectivity index (χ1n) is 5.43. The zero-order valence-electron chi connectivity index (χ0n) is 9.74. The van der Waals surface area contributed by atoms with Crippen molar-refractivity contribution in [2.75, 3.05) is 5.73 Å². The summed E-state index contributed by atoms with van der Waals surface area (Å²) in [5.74, 6) is 0.313. The lowest BCUT2D eigenvalue weighted by Gasteiger charge is -2.16. The Balaban J connectivity index is 2.40. The molecule has 6 nitrogen and oxygen atoms in total. The van der Waals surface area contributed by atoms with Gasteiger partial charge in [-0.05, 0) is 17.5 Å². The molecule has 0 saturated carbocycles. The molecular weight excluding hydrogens is 220 g/mol. The fourth-order valence-electron chi connectivity index (χ4n) is 1.87. The van der Waals surface area contributed by atoms with Crippen LogP contribution >= 0.6 is 0 Å². The summed E-state index contributed by atoms with van der Waals surface area (Å²) in [7, 11) is 0. The van der Waals surface area contributed by atoms with Crippen molar-refractivity contribution in [3.63, 3.8) is 0 Å². The highest BCUT2D eigenvalue weighted by Crippen LogP contribution is 2.32. The standard InChI is InChI=1S/C11H16N4O2/c1-5(2)6-3-7(9(16)4-8(6)12)10-13-11(17)15-14-10/h3-5,10,14,16H,12H2,1-2H3,(H2,13,15,17). The lowest BCUT2D eigenvalue weighted by atomic mass is 9.97. The van der Waals surface area contributed by atoms with Gasteiger partial charge in [0.1, 0.15) is 11.9 Å². The van der Waals surface area contributed by atoms with Gasteiger partial charge in [-0.3, -0.25) is 5.43 Å². The highest BCUT2D eigenvalue weighted by atomic mass is 16.3. The van der Waals surface area contributed by atoms with Gasteiger partial charge in [0.15, 0.2) is 0 Å². The van der Waals surface area contributed by atoms with E-state index in [2.05, 4.69) is 16.2 Å². The van der Waals surface area contributed by atoms with E-state index in [0.717, 1.165) is 5.56 Å². The third kappa shape index (κ3) is 2.12. The summed E-state index contributed by atoms with van der Waals surface area (Å²) in [6.07, 6.45) is -0.444. The number of nitrogens with one attached hydrogen (secondary N) is 3. The summed E-state index contributed by atoms with van der Waals surface area (Å²) in [4.78, 5) is 11.0. The highest BCUT2D eigenvalue weighted by molar-refractivity contribution is 5.76. The monoisotopic (exact) mass is 236 g/mol. The number of hydrogen-bond donors (Lipinski definition) is 5. The first kappa shape index (κ1) is 11.5. The van der Waals surface area contributed by atoms with E-state index in [1.807, 2.05) is 13.8 Å². The lowest BCUT2D eigenvalue weighted by Crippen LogP contribution is -2.26. The SMILES string of the molecule is CC(C)c1cc(C2NNC(=O)N2)c(O)cc1N. The molecule has 92 valence electrons. The number of carbonyl (C=O) groups excluding carboxylic acids is 1. The summed E-state index contributed by atoms with van der Waals surface area (Å²) in [5.41, 5.74) is 13.1. The van der Waals surface area contributed by atoms with Gasteiger partial charge in [-0.1, -0.05) is 13.8 Å². The van der Waals surface area contributed by atoms with Gasteiger partial charge in [-0.2, -0.15) is 0 Å². The largest absolute Gasteiger partial charge is 0.507 e. The zero-order valence-corrected chi connectivity index (χ0v) is 9.74. The Hall–Kier alpha value is -1.95. The molecule has 1 atom stereocenters. The number of carbonyl (C=O) groups is 1. The van der Waals surface area contributed by atoms with Crippen LogP contribution in [0.4, 0.5) is 10.5 Å². The van der Waals surface area contributed by atoms with Crippen molar-refractivity contribution in [2.24, 2.45) is 0 Å². The molecule has 1 fully saturated rings. The Morgan fingerprint density at radius 1 is 1.41 bits per heavy atom. The van der Waals surface area contributed by atoms with Crippen LogP contribution in [0.2, 0.25) is 0 Å². The zero-order chi connectivity index (χ0) is 12.6. The number of nitrogens with two attached hydrogens (primary N) is 1. The second-order valence-corrected chi connectivity index (χ2v) is 4.37. The predicted molar refractivity (Wildman–Crippen MR) is 64.2 cm³/mol. The number of amides is 2. The van der Waals surface area contributed by atoms with E-state index in [0.29, 0.717) is 11.3 Å². The molecule has 2 rings (SSSR count). The van der Waals surface area contributed by atoms with E-state index in [1.54, 1.807) is 6.07 Å². The molecule has 6 heteroatoms. The van der Waals surface area contributed by atoms with Gasteiger partial charge in [-0.25, -0.2) is 10.2 Å². The van der Waals surface area contributed by atoms with Gasteiger partial charge in [0, 0.05) is 17.3 Å². The number of aromatic hydroxyl groups is 1. The molecule has 1 heterocycles. The molecule has 0 aliphatic carbocycles. The summed E-state index contributed by atoms with van der Waals surface area (Å²) < 4.78 is 0. The first-order valence-corrected chi connectivity index (χ1v) is 5.43. The number of hydrazine groups is 1. The Morgan fingerprint density at radius 2 is 2.12 bits per heavy atom. The molecule has 1 aromatic carbocycles. The molecule has 1 saturated heterocycles. The van der Waals surface area contributed by atoms with Crippen molar-refractivity contribution in [2.45, 2.75) is 25.9 Å². The van der Waals surface area contributed by atoms with Gasteiger partial charge in [-0.15, -0.1) is 0 Å². The second kappa shape index (κ2) is 4.14. The van der Waals surface area contributed by atoms with Crippen molar-refractivity contribution in [3.05, 3.63) is 23.3 Å². The number of phenolic OH excluding ortho intramolecular Hbond substituents is 1. The minimum Gasteiger partial charge on any atom is -0.507 e. The van der Waals surface area contributed by atoms with Crippen LogP contribution in [0.15, 0.2) is 12.1 Å². The molecule has 1 unspecified atom stereocenters. The highest BCUT2D eigenvalue weighted by Gasteiger charge is 2.24. The molecular formula is C11H16N4O2. The van der Waals surface area contributed by atoms with E-state index in [1.165, 1.54) is 6.07 Å². The number of anilines is 1. The molecule has 0 bridgehead atoms. The normalized spacial score (nSPS) is 19.2. The summed E-state index contributed by atoms with van der Waals surface area (Å²) in [6, 6.07) is 2.99. The van der Waals surface area contributed by atoms with E-state index >= 15 is 0 Å². The quantitative estimate of drug-likeness (QED) is 0.493. The maximum atomic E-state index is 11.0. The van der Waals surface area contributed by atoms with E-state index in [-0.39, 0.29) is 17.7 Å². The van der Waals surface area contributed by atoms with Crippen molar-refractivity contribution < 1.29 is 9.90 Å². The average molecular weight is 236 g/mol. The fraction of sp³-hybridized carbons (Fsp3) is 0.364. The Labute approximate surface area is 99.2 Å². The van der Waals surface area contributed by atoms with Crippen LogP contribution in [0.1, 0.15) is 37.1 Å². The molecule has 2 amide bonds. The van der Waals surface area contributed by atoms with Crippen LogP contribution in [-0.4, -0.2) is 11.1 Å². The van der Waals surface area contributed by atoms with Crippen molar-refractivity contribution >= 4 is 11.7 Å². The van der Waals surface area contributed by atoms with E-state index in [9.17, 15) is 9.90 Å². The van der Waals surface area contributed by atoms with E-state index in [4.69, 9.17) is 5.73 Å². The maximum Gasteiger partial charge on any atom is 0.330 e. The van der Waals surface area contributed by atoms with Crippen LogP contribution in [0.3, 0.4) is 0 Å². The number of hydrogen-bond acceptors (Lipinski definition) is 4. The third-order valence-corrected chi connectivity index (χ3v) is 2.77. The van der Waals surface area contributed by atoms with Gasteiger partial charge in [0.05, 0.1) is 0 Å². The summed E-state index contributed by atoms with van der Waals surface area (Å²) in [5, 5.41) is 12.5. The van der Waals surface area contributed by atoms with Crippen LogP contribution < -0.4 is 21.9 Å². The van der Waals surface area contributed by atoms with Gasteiger partial charge >= 0.3 is 6.03 Å². The third-order valence-electron chi connectivity index (χ3n) is 2.77. The van der Waals surface area contributed by atoms with Crippen LogP contribution in [0.25, 0.3) is 0 Å². The van der Waals surface area contributed by atoms with Crippen LogP contribution in [-0.2, 0) is 0 Å². The number of nitrogen functional groups attached to an aromatic ring is 1. The Bertz CT molecular complexity index is 459. The molecule has 6 N–H and O–H groups in total. The van der Waals surface area contributed by atoms with Crippen LogP contribution in [0, 0.1) is 0 Å². The Morgan fingerprint density at radius 3 is 2.65 bits per heavy atom. The lowest BCUT2D eigenvalue weighted by molar-refractivity contribution is 0.247. The van der Waals surface area contributed by atoms with Gasteiger partial charge in [0.25, 0.3) is 0 Å². The summed E-state index contributed by atoms with van der Waals surface area (Å²) >= 11 is 0. The van der Waals surface area contributed by atoms with Crippen LogP contribution in [0.5, 0.6) is 5.75 Å². The molecule has 1 aromatic rings. The first-order chi connectivity index (χ1) is 7.99. The average Bonchev–Trinajstić information content (AvgIpc) is 2.64. The van der Waals surface area contributed by atoms with Gasteiger partial charge < -0.3 is 16.2 Å². The smallest absolute Gasteiger partial charge is 0.330 e. The number of phenols is 1. The topological polar surface area (TPSA) is 99.4 Å². The molecule has 1 aliphatic rings. The molecule has 1 aliphatic heterocycles. The molecule has 17 heavy (non-hydrogen) atoms.